The Balaban J connectivity index is 2.08. The smallest absolute Gasteiger partial charge is 0.123 e. The zero-order chi connectivity index (χ0) is 18.9. The highest BCUT2D eigenvalue weighted by molar-refractivity contribution is 5.35. The molecule has 0 spiro atoms. The van der Waals surface area contributed by atoms with Crippen LogP contribution in [0.15, 0.2) is 42.5 Å². The molecule has 0 aliphatic rings. The van der Waals surface area contributed by atoms with E-state index in [1.54, 1.807) is 12.1 Å². The van der Waals surface area contributed by atoms with E-state index in [4.69, 9.17) is 9.84 Å². The number of benzene rings is 2. The molecular weight excluding hydrogens is 327 g/mol. The number of rotatable bonds is 10. The maximum atomic E-state index is 13.3. The molecule has 2 nitrogen and oxygen atoms in total. The lowest BCUT2D eigenvalue weighted by Gasteiger charge is -2.27. The largest absolute Gasteiger partial charge is 0.493 e. The van der Waals surface area contributed by atoms with Crippen LogP contribution in [0.1, 0.15) is 55.7 Å². The van der Waals surface area contributed by atoms with E-state index in [0.717, 1.165) is 36.1 Å². The molecule has 2 aromatic carbocycles. The summed E-state index contributed by atoms with van der Waals surface area (Å²) in [6.45, 7) is 7.24. The average molecular weight is 358 g/mol. The van der Waals surface area contributed by atoms with Gasteiger partial charge >= 0.3 is 0 Å². The maximum Gasteiger partial charge on any atom is 0.123 e. The second-order valence-corrected chi connectivity index (χ2v) is 6.99. The van der Waals surface area contributed by atoms with Crippen molar-refractivity contribution in [3.05, 3.63) is 65.0 Å². The van der Waals surface area contributed by atoms with Crippen LogP contribution in [-0.4, -0.2) is 18.3 Å². The minimum Gasteiger partial charge on any atom is -0.493 e. The summed E-state index contributed by atoms with van der Waals surface area (Å²) in [7, 11) is 0. The molecule has 0 bridgehead atoms. The minimum absolute atomic E-state index is 0.162. The van der Waals surface area contributed by atoms with Crippen molar-refractivity contribution in [3.8, 4) is 5.75 Å². The van der Waals surface area contributed by atoms with Gasteiger partial charge in [0.1, 0.15) is 11.6 Å². The second-order valence-electron chi connectivity index (χ2n) is 6.99. The van der Waals surface area contributed by atoms with E-state index in [1.165, 1.54) is 5.56 Å². The van der Waals surface area contributed by atoms with Crippen molar-refractivity contribution in [2.75, 3.05) is 13.2 Å². The summed E-state index contributed by atoms with van der Waals surface area (Å²) in [6, 6.07) is 13.0. The Morgan fingerprint density at radius 3 is 2.38 bits per heavy atom. The van der Waals surface area contributed by atoms with Crippen LogP contribution >= 0.6 is 0 Å². The number of aryl methyl sites for hydroxylation is 1. The van der Waals surface area contributed by atoms with Crippen molar-refractivity contribution in [2.45, 2.75) is 52.4 Å². The van der Waals surface area contributed by atoms with Gasteiger partial charge in [0, 0.05) is 6.61 Å². The Labute approximate surface area is 157 Å². The summed E-state index contributed by atoms with van der Waals surface area (Å²) in [4.78, 5) is 0. The van der Waals surface area contributed by atoms with E-state index in [0.29, 0.717) is 24.9 Å². The number of hydrogen-bond acceptors (Lipinski definition) is 2. The van der Waals surface area contributed by atoms with Crippen LogP contribution in [0, 0.1) is 18.7 Å². The van der Waals surface area contributed by atoms with Crippen molar-refractivity contribution in [1.82, 2.24) is 0 Å². The van der Waals surface area contributed by atoms with Gasteiger partial charge < -0.3 is 9.84 Å². The zero-order valence-corrected chi connectivity index (χ0v) is 16.2. The molecule has 0 radical (unpaired) electrons. The molecule has 2 aromatic rings. The first-order chi connectivity index (χ1) is 12.6. The van der Waals surface area contributed by atoms with Crippen LogP contribution in [-0.2, 0) is 6.42 Å². The van der Waals surface area contributed by atoms with Gasteiger partial charge in [0.25, 0.3) is 0 Å². The number of aliphatic hydroxyl groups is 1. The van der Waals surface area contributed by atoms with Crippen LogP contribution in [0.3, 0.4) is 0 Å². The normalized spacial score (nSPS) is 13.4. The molecule has 26 heavy (non-hydrogen) atoms. The highest BCUT2D eigenvalue weighted by Crippen LogP contribution is 2.32. The molecule has 142 valence electrons. The van der Waals surface area contributed by atoms with Gasteiger partial charge in [-0.2, -0.15) is 0 Å². The summed E-state index contributed by atoms with van der Waals surface area (Å²) in [5, 5.41) is 9.10. The molecule has 1 N–H and O–H groups in total. The van der Waals surface area contributed by atoms with E-state index < -0.39 is 0 Å². The quantitative estimate of drug-likeness (QED) is 0.594. The fourth-order valence-corrected chi connectivity index (χ4v) is 3.58. The van der Waals surface area contributed by atoms with E-state index in [2.05, 4.69) is 13.8 Å². The van der Waals surface area contributed by atoms with Crippen molar-refractivity contribution in [1.29, 1.82) is 0 Å². The van der Waals surface area contributed by atoms with Crippen molar-refractivity contribution < 1.29 is 14.2 Å². The Kier molecular flexibility index (Phi) is 8.11. The first kappa shape index (κ1) is 20.4. The van der Waals surface area contributed by atoms with Gasteiger partial charge in [0.05, 0.1) is 6.61 Å². The highest BCUT2D eigenvalue weighted by Gasteiger charge is 2.22. The van der Waals surface area contributed by atoms with Gasteiger partial charge in [-0.25, -0.2) is 4.39 Å². The van der Waals surface area contributed by atoms with Crippen LogP contribution in [0.25, 0.3) is 0 Å². The highest BCUT2D eigenvalue weighted by atomic mass is 19.1. The monoisotopic (exact) mass is 358 g/mol. The lowest BCUT2D eigenvalue weighted by Crippen LogP contribution is -2.20. The summed E-state index contributed by atoms with van der Waals surface area (Å²) < 4.78 is 19.4. The Morgan fingerprint density at radius 2 is 1.81 bits per heavy atom. The van der Waals surface area contributed by atoms with Gasteiger partial charge in [0.2, 0.25) is 0 Å². The Morgan fingerprint density at radius 1 is 1.08 bits per heavy atom. The molecule has 0 fully saturated rings. The summed E-state index contributed by atoms with van der Waals surface area (Å²) in [6.07, 6.45) is 3.85. The number of hydrogen-bond donors (Lipinski definition) is 1. The molecule has 0 saturated heterocycles. The molecule has 2 rings (SSSR count). The van der Waals surface area contributed by atoms with Crippen LogP contribution < -0.4 is 4.74 Å². The molecular formula is C23H31FO2. The molecule has 0 amide bonds. The number of aliphatic hydroxyl groups excluding tert-OH is 1. The predicted octanol–water partition coefficient (Wildman–Crippen LogP) is 5.66. The van der Waals surface area contributed by atoms with Gasteiger partial charge in [-0.1, -0.05) is 38.5 Å². The summed E-state index contributed by atoms with van der Waals surface area (Å²) in [5.41, 5.74) is 3.49. The second kappa shape index (κ2) is 10.3. The Hall–Kier alpha value is -1.87. The zero-order valence-electron chi connectivity index (χ0n) is 16.2. The van der Waals surface area contributed by atoms with E-state index in [-0.39, 0.29) is 12.4 Å². The molecule has 2 atom stereocenters. The molecule has 0 heterocycles. The molecule has 3 heteroatoms. The first-order valence-corrected chi connectivity index (χ1v) is 9.67. The fraction of sp³-hybridized carbons (Fsp3) is 0.478. The van der Waals surface area contributed by atoms with E-state index >= 15 is 0 Å². The molecule has 0 aromatic heterocycles. The Bertz CT molecular complexity index is 666. The van der Waals surface area contributed by atoms with Crippen molar-refractivity contribution >= 4 is 0 Å². The van der Waals surface area contributed by atoms with E-state index in [9.17, 15) is 4.39 Å². The standard InChI is InChI=1S/C23H31FO2/c1-4-6-23(20-7-10-21(24)11-8-20)18(5-2)16-26-22-12-9-19(13-14-25)17(3)15-22/h7-12,15,18,23,25H,4-6,13-14,16H2,1-3H3. The summed E-state index contributed by atoms with van der Waals surface area (Å²) in [5.74, 6) is 1.45. The SMILES string of the molecule is CCCC(c1ccc(F)cc1)C(CC)COc1ccc(CCO)c(C)c1. The third kappa shape index (κ3) is 5.57. The maximum absolute atomic E-state index is 13.3. The number of ether oxygens (including phenoxy) is 1. The molecule has 0 saturated carbocycles. The third-order valence-electron chi connectivity index (χ3n) is 5.15. The third-order valence-corrected chi connectivity index (χ3v) is 5.15. The summed E-state index contributed by atoms with van der Waals surface area (Å²) >= 11 is 0. The molecule has 0 aliphatic carbocycles. The minimum atomic E-state index is -0.188. The average Bonchev–Trinajstić information content (AvgIpc) is 2.64. The fourth-order valence-electron chi connectivity index (χ4n) is 3.58. The van der Waals surface area contributed by atoms with Gasteiger partial charge in [0.15, 0.2) is 0 Å². The van der Waals surface area contributed by atoms with Crippen LogP contribution in [0.5, 0.6) is 5.75 Å². The van der Waals surface area contributed by atoms with Crippen LogP contribution in [0.2, 0.25) is 0 Å². The van der Waals surface area contributed by atoms with E-state index in [1.807, 2.05) is 37.3 Å². The number of halogens is 1. The molecule has 0 aliphatic heterocycles. The predicted molar refractivity (Wildman–Crippen MR) is 105 cm³/mol. The van der Waals surface area contributed by atoms with Gasteiger partial charge in [-0.3, -0.25) is 0 Å². The molecule has 2 unspecified atom stereocenters. The lowest BCUT2D eigenvalue weighted by atomic mass is 9.82. The van der Waals surface area contributed by atoms with Crippen molar-refractivity contribution in [2.24, 2.45) is 5.92 Å². The van der Waals surface area contributed by atoms with Gasteiger partial charge in [-0.15, -0.1) is 0 Å². The first-order valence-electron chi connectivity index (χ1n) is 9.67. The lowest BCUT2D eigenvalue weighted by molar-refractivity contribution is 0.214. The van der Waals surface area contributed by atoms with Crippen molar-refractivity contribution in [3.63, 3.8) is 0 Å². The van der Waals surface area contributed by atoms with Crippen LogP contribution in [0.4, 0.5) is 4.39 Å². The topological polar surface area (TPSA) is 29.5 Å². The van der Waals surface area contributed by atoms with Gasteiger partial charge in [-0.05, 0) is 79.0 Å².